The van der Waals surface area contributed by atoms with E-state index >= 15 is 0 Å². The van der Waals surface area contributed by atoms with Crippen molar-refractivity contribution in [2.24, 2.45) is 0 Å². The lowest BCUT2D eigenvalue weighted by Crippen LogP contribution is -2.29. The van der Waals surface area contributed by atoms with Crippen LogP contribution in [0.15, 0.2) is 72.3 Å². The van der Waals surface area contributed by atoms with Crippen LogP contribution in [0.1, 0.15) is 24.1 Å². The second kappa shape index (κ2) is 10.1. The van der Waals surface area contributed by atoms with Crippen molar-refractivity contribution in [2.45, 2.75) is 13.0 Å². The predicted molar refractivity (Wildman–Crippen MR) is 137 cm³/mol. The fraction of sp³-hybridized carbons (Fsp3) is 0.148. The van der Waals surface area contributed by atoms with E-state index in [-0.39, 0.29) is 27.8 Å². The van der Waals surface area contributed by atoms with Crippen LogP contribution in [0.4, 0.5) is 11.4 Å². The highest BCUT2D eigenvalue weighted by atomic mass is 35.5. The number of rotatable bonds is 6. The van der Waals surface area contributed by atoms with E-state index in [1.165, 1.54) is 32.1 Å². The van der Waals surface area contributed by atoms with Crippen molar-refractivity contribution in [1.29, 1.82) is 0 Å². The number of halogens is 1. The minimum Gasteiger partial charge on any atom is -0.507 e. The second-order valence-corrected chi connectivity index (χ2v) is 8.43. The molecule has 3 aromatic carbocycles. The van der Waals surface area contributed by atoms with Gasteiger partial charge in [0.15, 0.2) is 0 Å². The predicted octanol–water partition coefficient (Wildman–Crippen LogP) is 4.94. The molecule has 1 aliphatic heterocycles. The van der Waals surface area contributed by atoms with Gasteiger partial charge in [-0.2, -0.15) is 0 Å². The number of anilines is 2. The zero-order valence-electron chi connectivity index (χ0n) is 19.7. The Morgan fingerprint density at radius 2 is 1.75 bits per heavy atom. The summed E-state index contributed by atoms with van der Waals surface area (Å²) in [5, 5.41) is 14.2. The molecule has 4 rings (SSSR count). The minimum atomic E-state index is -0.978. The number of benzene rings is 3. The number of carbonyl (C=O) groups is 3. The third-order valence-electron chi connectivity index (χ3n) is 5.72. The van der Waals surface area contributed by atoms with Gasteiger partial charge in [0.2, 0.25) is 5.91 Å². The molecule has 0 bridgehead atoms. The van der Waals surface area contributed by atoms with Gasteiger partial charge in [-0.05, 0) is 54.1 Å². The van der Waals surface area contributed by atoms with Gasteiger partial charge in [0.05, 0.1) is 30.9 Å². The molecule has 0 saturated carbocycles. The van der Waals surface area contributed by atoms with Crippen molar-refractivity contribution in [3.05, 3.63) is 88.5 Å². The molecule has 0 spiro atoms. The lowest BCUT2D eigenvalue weighted by Gasteiger charge is -2.26. The first-order chi connectivity index (χ1) is 17.2. The molecule has 1 atom stereocenters. The Hall–Kier alpha value is -4.30. The smallest absolute Gasteiger partial charge is 0.300 e. The fourth-order valence-electron chi connectivity index (χ4n) is 4.13. The molecular weight excluding hydrogens is 484 g/mol. The van der Waals surface area contributed by atoms with Crippen molar-refractivity contribution in [3.63, 3.8) is 0 Å². The maximum atomic E-state index is 13.4. The number of carbonyl (C=O) groups excluding carboxylic acids is 3. The topological polar surface area (TPSA) is 105 Å². The number of Topliss-reactive ketones (excluding diaryl/α,β-unsaturated/α-hetero) is 1. The third kappa shape index (κ3) is 4.63. The number of hydrogen-bond acceptors (Lipinski definition) is 6. The largest absolute Gasteiger partial charge is 0.507 e. The first-order valence-corrected chi connectivity index (χ1v) is 11.3. The SMILES string of the molecule is COc1cccc(C2/C(=C(\O)c3ccc(OC)c(Cl)c3)C(=O)C(=O)N2c2cccc(NC(C)=O)c2)c1. The molecule has 0 aromatic heterocycles. The molecule has 36 heavy (non-hydrogen) atoms. The maximum Gasteiger partial charge on any atom is 0.300 e. The molecule has 2 amide bonds. The van der Waals surface area contributed by atoms with Gasteiger partial charge in [-0.1, -0.05) is 29.8 Å². The van der Waals surface area contributed by atoms with Gasteiger partial charge >= 0.3 is 0 Å². The van der Waals surface area contributed by atoms with Crippen LogP contribution < -0.4 is 19.7 Å². The van der Waals surface area contributed by atoms with Gasteiger partial charge < -0.3 is 19.9 Å². The van der Waals surface area contributed by atoms with Crippen LogP contribution in [0.2, 0.25) is 5.02 Å². The Balaban J connectivity index is 1.93. The van der Waals surface area contributed by atoms with Gasteiger partial charge in [0.25, 0.3) is 11.7 Å². The molecule has 1 saturated heterocycles. The number of ether oxygens (including phenoxy) is 2. The fourth-order valence-corrected chi connectivity index (χ4v) is 4.39. The summed E-state index contributed by atoms with van der Waals surface area (Å²) in [5.74, 6) is -1.45. The van der Waals surface area contributed by atoms with E-state index in [2.05, 4.69) is 5.32 Å². The van der Waals surface area contributed by atoms with E-state index in [4.69, 9.17) is 21.1 Å². The van der Waals surface area contributed by atoms with Gasteiger partial charge in [-0.3, -0.25) is 19.3 Å². The van der Waals surface area contributed by atoms with E-state index in [0.29, 0.717) is 28.4 Å². The van der Waals surface area contributed by atoms with Crippen LogP contribution in [0.3, 0.4) is 0 Å². The van der Waals surface area contributed by atoms with Crippen molar-refractivity contribution in [3.8, 4) is 11.5 Å². The van der Waals surface area contributed by atoms with Gasteiger partial charge in [-0.15, -0.1) is 0 Å². The molecular formula is C27H23ClN2O6. The summed E-state index contributed by atoms with van der Waals surface area (Å²) in [5.41, 5.74) is 1.49. The van der Waals surface area contributed by atoms with E-state index in [9.17, 15) is 19.5 Å². The Morgan fingerprint density at radius 1 is 1.00 bits per heavy atom. The first kappa shape index (κ1) is 24.8. The van der Waals surface area contributed by atoms with Gasteiger partial charge in [-0.25, -0.2) is 0 Å². The summed E-state index contributed by atoms with van der Waals surface area (Å²) in [6, 6.07) is 17.0. The highest BCUT2D eigenvalue weighted by Gasteiger charge is 2.47. The molecule has 8 nitrogen and oxygen atoms in total. The number of hydrogen-bond donors (Lipinski definition) is 2. The Bertz CT molecular complexity index is 1400. The highest BCUT2D eigenvalue weighted by Crippen LogP contribution is 2.43. The van der Waals surface area contributed by atoms with Crippen molar-refractivity contribution >= 4 is 46.3 Å². The molecule has 0 radical (unpaired) electrons. The molecule has 1 aliphatic rings. The van der Waals surface area contributed by atoms with E-state index in [1.807, 2.05) is 0 Å². The summed E-state index contributed by atoms with van der Waals surface area (Å²) < 4.78 is 10.5. The zero-order chi connectivity index (χ0) is 26.0. The maximum absolute atomic E-state index is 13.4. The molecule has 1 fully saturated rings. The lowest BCUT2D eigenvalue weighted by molar-refractivity contribution is -0.132. The van der Waals surface area contributed by atoms with Gasteiger partial charge in [0, 0.05) is 23.9 Å². The number of methoxy groups -OCH3 is 2. The van der Waals surface area contributed by atoms with Crippen LogP contribution in [-0.2, 0) is 14.4 Å². The molecule has 0 aliphatic carbocycles. The third-order valence-corrected chi connectivity index (χ3v) is 6.02. The van der Waals surface area contributed by atoms with Crippen LogP contribution in [0.5, 0.6) is 11.5 Å². The quantitative estimate of drug-likeness (QED) is 0.279. The summed E-state index contributed by atoms with van der Waals surface area (Å²) >= 11 is 6.25. The minimum absolute atomic E-state index is 0.112. The molecule has 9 heteroatoms. The normalized spacial score (nSPS) is 16.7. The number of amides is 2. The number of nitrogens with one attached hydrogen (secondary N) is 1. The van der Waals surface area contributed by atoms with E-state index < -0.39 is 17.7 Å². The molecule has 3 aromatic rings. The lowest BCUT2D eigenvalue weighted by atomic mass is 9.95. The van der Waals surface area contributed by atoms with Crippen molar-refractivity contribution < 1.29 is 29.0 Å². The summed E-state index contributed by atoms with van der Waals surface area (Å²) in [6.45, 7) is 1.37. The molecule has 2 N–H and O–H groups in total. The Kier molecular flexibility index (Phi) is 6.98. The summed E-state index contributed by atoms with van der Waals surface area (Å²) in [4.78, 5) is 39.6. The zero-order valence-corrected chi connectivity index (χ0v) is 20.5. The molecule has 184 valence electrons. The van der Waals surface area contributed by atoms with Gasteiger partial charge in [0.1, 0.15) is 17.3 Å². The Morgan fingerprint density at radius 3 is 2.42 bits per heavy atom. The number of aliphatic hydroxyl groups excluding tert-OH is 1. The van der Waals surface area contributed by atoms with Crippen LogP contribution in [-0.4, -0.2) is 36.9 Å². The van der Waals surface area contributed by atoms with Crippen LogP contribution in [0.25, 0.3) is 5.76 Å². The van der Waals surface area contributed by atoms with E-state index in [1.54, 1.807) is 60.7 Å². The standard InChI is InChI=1S/C27H23ClN2O6/c1-15(31)29-18-7-5-8-19(14-18)30-24(16-6-4-9-20(12-16)35-2)23(26(33)27(30)34)25(32)17-10-11-22(36-3)21(28)13-17/h4-14,24,32H,1-3H3,(H,29,31)/b25-23+. The average molecular weight is 507 g/mol. The van der Waals surface area contributed by atoms with Crippen LogP contribution >= 0.6 is 11.6 Å². The van der Waals surface area contributed by atoms with Crippen LogP contribution in [0, 0.1) is 0 Å². The highest BCUT2D eigenvalue weighted by molar-refractivity contribution is 6.51. The average Bonchev–Trinajstić information content (AvgIpc) is 3.13. The van der Waals surface area contributed by atoms with Crippen molar-refractivity contribution in [2.75, 3.05) is 24.4 Å². The molecule has 1 heterocycles. The summed E-state index contributed by atoms with van der Waals surface area (Å²) in [7, 11) is 2.97. The second-order valence-electron chi connectivity index (χ2n) is 8.03. The molecule has 1 unspecified atom stereocenters. The monoisotopic (exact) mass is 506 g/mol. The first-order valence-electron chi connectivity index (χ1n) is 10.9. The summed E-state index contributed by atoms with van der Waals surface area (Å²) in [6.07, 6.45) is 0. The number of ketones is 1. The number of nitrogens with zero attached hydrogens (tertiary/aromatic N) is 1. The number of aliphatic hydroxyl groups is 1. The van der Waals surface area contributed by atoms with Crippen molar-refractivity contribution in [1.82, 2.24) is 0 Å². The van der Waals surface area contributed by atoms with E-state index in [0.717, 1.165) is 0 Å². The Labute approximate surface area is 212 Å².